The van der Waals surface area contributed by atoms with Crippen LogP contribution in [0.2, 0.25) is 0 Å². The van der Waals surface area contributed by atoms with Crippen LogP contribution in [0, 0.1) is 11.8 Å². The van der Waals surface area contributed by atoms with Crippen molar-refractivity contribution in [2.24, 2.45) is 11.8 Å². The number of ketones is 2. The largest absolute Gasteiger partial charge is 0.508 e. The number of phenols is 1. The van der Waals surface area contributed by atoms with Gasteiger partial charge in [-0.1, -0.05) is 13.0 Å². The highest BCUT2D eigenvalue weighted by Gasteiger charge is 2.65. The molecule has 3 aliphatic carbocycles. The van der Waals surface area contributed by atoms with Gasteiger partial charge in [0.05, 0.1) is 17.4 Å². The number of aliphatic hydroxyl groups excluding tert-OH is 3. The van der Waals surface area contributed by atoms with Gasteiger partial charge in [0.1, 0.15) is 17.1 Å². The Morgan fingerprint density at radius 2 is 1.83 bits per heavy atom. The molecule has 0 aromatic heterocycles. The summed E-state index contributed by atoms with van der Waals surface area (Å²) in [7, 11) is 0. The summed E-state index contributed by atoms with van der Waals surface area (Å²) < 4.78 is 0. The number of aliphatic hydroxyl groups is 4. The fourth-order valence-electron chi connectivity index (χ4n) is 4.98. The molecule has 5 atom stereocenters. The van der Waals surface area contributed by atoms with Crippen molar-refractivity contribution in [3.63, 3.8) is 0 Å². The van der Waals surface area contributed by atoms with Crippen molar-refractivity contribution in [3.05, 3.63) is 40.2 Å². The van der Waals surface area contributed by atoms with Crippen LogP contribution in [0.4, 0.5) is 5.69 Å². The maximum Gasteiger partial charge on any atom is 0.342 e. The molecule has 4 rings (SSSR count). The fourth-order valence-corrected chi connectivity index (χ4v) is 4.98. The highest BCUT2D eigenvalue weighted by molar-refractivity contribution is 6.21. The summed E-state index contributed by atoms with van der Waals surface area (Å²) in [6.45, 7) is 1.62. The molecule has 1 aromatic carbocycles. The van der Waals surface area contributed by atoms with Gasteiger partial charge in [0.2, 0.25) is 5.78 Å². The summed E-state index contributed by atoms with van der Waals surface area (Å²) in [5, 5.41) is 62.9. The quantitative estimate of drug-likeness (QED) is 0.187. The standard InChI is InChI=1S/C20H19NO9/c1-5-6-2-3-8(21)15(24)11(6)16(25)13-10(5)14(23)7-4-9(22)12(19(28)29)17(26)20(7,30)18(13)27/h2-3,5,7,10,14,23-26,30H,4,21H2,1H3,(H,28,29)/t5-,7+,10+,14+,20+/m0/s1. The van der Waals surface area contributed by atoms with Crippen LogP contribution >= 0.6 is 0 Å². The first-order valence-electron chi connectivity index (χ1n) is 9.14. The summed E-state index contributed by atoms with van der Waals surface area (Å²) in [4.78, 5) is 37.0. The summed E-state index contributed by atoms with van der Waals surface area (Å²) >= 11 is 0. The molecule has 0 heterocycles. The van der Waals surface area contributed by atoms with E-state index in [9.17, 15) is 45.0 Å². The second kappa shape index (κ2) is 6.07. The van der Waals surface area contributed by atoms with Gasteiger partial charge in [0.25, 0.3) is 0 Å². The first-order chi connectivity index (χ1) is 13.9. The minimum atomic E-state index is -2.92. The van der Waals surface area contributed by atoms with Gasteiger partial charge in [0, 0.05) is 23.8 Å². The van der Waals surface area contributed by atoms with E-state index in [-0.39, 0.29) is 11.3 Å². The summed E-state index contributed by atoms with van der Waals surface area (Å²) in [5.74, 6) is -9.98. The van der Waals surface area contributed by atoms with Gasteiger partial charge in [-0.05, 0) is 17.5 Å². The molecule has 0 spiro atoms. The Morgan fingerprint density at radius 3 is 2.43 bits per heavy atom. The van der Waals surface area contributed by atoms with Gasteiger partial charge in [-0.3, -0.25) is 9.59 Å². The van der Waals surface area contributed by atoms with Crippen molar-refractivity contribution in [3.8, 4) is 5.75 Å². The van der Waals surface area contributed by atoms with Gasteiger partial charge in [-0.25, -0.2) is 4.79 Å². The number of anilines is 1. The molecule has 0 bridgehead atoms. The fraction of sp³-hybridized carbons (Fsp3) is 0.350. The van der Waals surface area contributed by atoms with Crippen LogP contribution in [-0.4, -0.2) is 59.9 Å². The Hall–Kier alpha value is -3.37. The molecule has 1 aromatic rings. The normalized spacial score (nSPS) is 33.2. The van der Waals surface area contributed by atoms with Crippen molar-refractivity contribution in [1.82, 2.24) is 0 Å². The van der Waals surface area contributed by atoms with Crippen LogP contribution in [0.1, 0.15) is 30.4 Å². The molecule has 10 nitrogen and oxygen atoms in total. The number of Topliss-reactive ketones (excluding diaryl/α,β-unsaturated/α-hetero) is 2. The number of aliphatic carboxylic acids is 1. The second-order valence-electron chi connectivity index (χ2n) is 7.89. The number of nitrogens with two attached hydrogens (primary N) is 1. The van der Waals surface area contributed by atoms with Crippen LogP contribution in [-0.2, 0) is 14.4 Å². The van der Waals surface area contributed by atoms with Crippen molar-refractivity contribution in [2.75, 3.05) is 5.73 Å². The number of carboxylic acid groups (broad SMARTS) is 1. The minimum Gasteiger partial charge on any atom is -0.508 e. The number of fused-ring (bicyclic) bond motifs is 3. The molecule has 3 aliphatic rings. The van der Waals surface area contributed by atoms with E-state index in [0.717, 1.165) is 0 Å². The Bertz CT molecular complexity index is 1100. The van der Waals surface area contributed by atoms with E-state index in [4.69, 9.17) is 5.73 Å². The van der Waals surface area contributed by atoms with E-state index in [2.05, 4.69) is 0 Å². The third-order valence-electron chi connectivity index (χ3n) is 6.50. The maximum atomic E-state index is 13.3. The first-order valence-corrected chi connectivity index (χ1v) is 9.14. The zero-order valence-corrected chi connectivity index (χ0v) is 15.7. The SMILES string of the molecule is C[C@H]1c2ccc(N)c(O)c2C(O)=C2C(=O)[C@]3(O)C(O)=C(C(=O)O)C(=O)C[C@@H]3[C@@H](O)[C@@H]21. The molecule has 10 heteroatoms. The smallest absolute Gasteiger partial charge is 0.342 e. The van der Waals surface area contributed by atoms with Crippen molar-refractivity contribution in [1.29, 1.82) is 0 Å². The number of hydrogen-bond donors (Lipinski definition) is 7. The van der Waals surface area contributed by atoms with Crippen molar-refractivity contribution in [2.45, 2.75) is 31.0 Å². The number of carbonyl (C=O) groups is 3. The molecule has 0 aliphatic heterocycles. The van der Waals surface area contributed by atoms with Crippen molar-refractivity contribution < 1.29 is 45.0 Å². The van der Waals surface area contributed by atoms with E-state index < -0.39 is 81.8 Å². The molecule has 0 radical (unpaired) electrons. The zero-order valence-electron chi connectivity index (χ0n) is 15.7. The number of hydrogen-bond acceptors (Lipinski definition) is 9. The van der Waals surface area contributed by atoms with Crippen molar-refractivity contribution >= 4 is 29.0 Å². The molecule has 8 N–H and O–H groups in total. The third-order valence-corrected chi connectivity index (χ3v) is 6.50. The van der Waals surface area contributed by atoms with Crippen LogP contribution in [0.15, 0.2) is 29.0 Å². The molecular weight excluding hydrogens is 398 g/mol. The molecule has 0 amide bonds. The third kappa shape index (κ3) is 2.17. The highest BCUT2D eigenvalue weighted by atomic mass is 16.4. The lowest BCUT2D eigenvalue weighted by atomic mass is 9.55. The molecule has 0 saturated heterocycles. The lowest BCUT2D eigenvalue weighted by Crippen LogP contribution is -2.63. The summed E-state index contributed by atoms with van der Waals surface area (Å²) in [6.07, 6.45) is -2.28. The monoisotopic (exact) mass is 417 g/mol. The average Bonchev–Trinajstić information content (AvgIpc) is 2.67. The van der Waals surface area contributed by atoms with E-state index in [1.165, 1.54) is 12.1 Å². The molecule has 1 saturated carbocycles. The zero-order chi connectivity index (χ0) is 22.3. The van der Waals surface area contributed by atoms with Crippen LogP contribution < -0.4 is 5.73 Å². The molecule has 30 heavy (non-hydrogen) atoms. The highest BCUT2D eigenvalue weighted by Crippen LogP contribution is 2.56. The lowest BCUT2D eigenvalue weighted by Gasteiger charge is -2.50. The first kappa shape index (κ1) is 19.9. The van der Waals surface area contributed by atoms with Gasteiger partial charge in [-0.15, -0.1) is 0 Å². The number of aromatic hydroxyl groups is 1. The number of phenolic OH excluding ortho intramolecular Hbond substituents is 1. The van der Waals surface area contributed by atoms with Gasteiger partial charge < -0.3 is 36.4 Å². The minimum absolute atomic E-state index is 0.0777. The van der Waals surface area contributed by atoms with E-state index in [1.807, 2.05) is 0 Å². The number of nitrogen functional groups attached to an aromatic ring is 1. The predicted molar refractivity (Wildman–Crippen MR) is 100 cm³/mol. The van der Waals surface area contributed by atoms with Crippen LogP contribution in [0.5, 0.6) is 5.75 Å². The number of benzene rings is 1. The maximum absolute atomic E-state index is 13.3. The van der Waals surface area contributed by atoms with E-state index >= 15 is 0 Å². The Labute approximate surface area is 169 Å². The van der Waals surface area contributed by atoms with Crippen LogP contribution in [0.25, 0.3) is 5.76 Å². The van der Waals surface area contributed by atoms with Crippen LogP contribution in [0.3, 0.4) is 0 Å². The van der Waals surface area contributed by atoms with Gasteiger partial charge in [0.15, 0.2) is 17.1 Å². The molecule has 158 valence electrons. The lowest BCUT2D eigenvalue weighted by molar-refractivity contribution is -0.161. The Morgan fingerprint density at radius 1 is 1.20 bits per heavy atom. The molecule has 0 unspecified atom stereocenters. The Kier molecular flexibility index (Phi) is 4.03. The number of carbonyl (C=O) groups excluding carboxylic acids is 2. The predicted octanol–water partition coefficient (Wildman–Crippen LogP) is 0.137. The second-order valence-corrected chi connectivity index (χ2v) is 7.89. The molecule has 1 fully saturated rings. The Balaban J connectivity index is 2.03. The van der Waals surface area contributed by atoms with E-state index in [0.29, 0.717) is 5.56 Å². The average molecular weight is 417 g/mol. The summed E-state index contributed by atoms with van der Waals surface area (Å²) in [6, 6.07) is 2.92. The molecular formula is C20H19NO9. The topological polar surface area (TPSA) is 199 Å². The van der Waals surface area contributed by atoms with E-state index in [1.54, 1.807) is 6.92 Å². The number of carboxylic acids is 1. The number of rotatable bonds is 1. The van der Waals surface area contributed by atoms with Gasteiger partial charge in [-0.2, -0.15) is 0 Å². The summed E-state index contributed by atoms with van der Waals surface area (Å²) in [5.41, 5.74) is 1.30. The van der Waals surface area contributed by atoms with Gasteiger partial charge >= 0.3 is 5.97 Å².